The largest absolute Gasteiger partial charge is 0.381 e. The van der Waals surface area contributed by atoms with Crippen molar-refractivity contribution in [2.45, 2.75) is 25.8 Å². The highest BCUT2D eigenvalue weighted by Gasteiger charge is 1.98. The van der Waals surface area contributed by atoms with Gasteiger partial charge in [0.15, 0.2) is 5.96 Å². The Balaban J connectivity index is 1.44. The Morgan fingerprint density at radius 2 is 1.88 bits per heavy atom. The molecule has 6 heteroatoms. The lowest BCUT2D eigenvalue weighted by atomic mass is 10.2. The van der Waals surface area contributed by atoms with Crippen LogP contribution in [0.2, 0.25) is 0 Å². The first-order valence-electron chi connectivity index (χ1n) is 8.92. The Kier molecular flexibility index (Phi) is 9.18. The Morgan fingerprint density at radius 3 is 2.60 bits per heavy atom. The standard InChI is InChI=1S/C19H29N5O/c1-20-19(21-11-5-14-24-15-6-13-23-24)22-12-7-16-25-17-10-18-8-3-2-4-9-18/h2-4,6,8-9,13,15H,5,7,10-12,14,16-17H2,1H3,(H2,20,21,22). The maximum Gasteiger partial charge on any atom is 0.190 e. The van der Waals surface area contributed by atoms with E-state index in [9.17, 15) is 0 Å². The molecule has 25 heavy (non-hydrogen) atoms. The van der Waals surface area contributed by atoms with Crippen molar-refractivity contribution in [2.75, 3.05) is 33.4 Å². The molecular formula is C19H29N5O. The third-order valence-electron chi connectivity index (χ3n) is 3.78. The maximum atomic E-state index is 5.68. The van der Waals surface area contributed by atoms with Crippen molar-refractivity contribution in [3.63, 3.8) is 0 Å². The predicted octanol–water partition coefficient (Wildman–Crippen LogP) is 2.09. The lowest BCUT2D eigenvalue weighted by Crippen LogP contribution is -2.38. The van der Waals surface area contributed by atoms with Gasteiger partial charge in [-0.25, -0.2) is 0 Å². The second-order valence-corrected chi connectivity index (χ2v) is 5.75. The molecular weight excluding hydrogens is 314 g/mol. The van der Waals surface area contributed by atoms with E-state index >= 15 is 0 Å². The smallest absolute Gasteiger partial charge is 0.190 e. The molecule has 1 aromatic carbocycles. The van der Waals surface area contributed by atoms with Gasteiger partial charge in [0.05, 0.1) is 6.61 Å². The number of hydrogen-bond donors (Lipinski definition) is 2. The molecule has 1 aromatic heterocycles. The number of rotatable bonds is 11. The van der Waals surface area contributed by atoms with Gasteiger partial charge in [0, 0.05) is 45.7 Å². The first-order chi connectivity index (χ1) is 12.4. The summed E-state index contributed by atoms with van der Waals surface area (Å²) in [4.78, 5) is 4.23. The van der Waals surface area contributed by atoms with E-state index in [2.05, 4.69) is 45.0 Å². The fourth-order valence-electron chi connectivity index (χ4n) is 2.42. The topological polar surface area (TPSA) is 63.5 Å². The summed E-state index contributed by atoms with van der Waals surface area (Å²) in [6.45, 7) is 4.16. The van der Waals surface area contributed by atoms with Gasteiger partial charge in [0.2, 0.25) is 0 Å². The fourth-order valence-corrected chi connectivity index (χ4v) is 2.42. The summed E-state index contributed by atoms with van der Waals surface area (Å²) in [6, 6.07) is 12.4. The van der Waals surface area contributed by atoms with E-state index in [1.165, 1.54) is 5.56 Å². The van der Waals surface area contributed by atoms with Crippen molar-refractivity contribution in [1.29, 1.82) is 0 Å². The monoisotopic (exact) mass is 343 g/mol. The number of guanidine groups is 1. The summed E-state index contributed by atoms with van der Waals surface area (Å²) in [5, 5.41) is 10.8. The van der Waals surface area contributed by atoms with Gasteiger partial charge in [-0.1, -0.05) is 30.3 Å². The Morgan fingerprint density at radius 1 is 1.08 bits per heavy atom. The van der Waals surface area contributed by atoms with Gasteiger partial charge in [-0.2, -0.15) is 5.10 Å². The Hall–Kier alpha value is -2.34. The van der Waals surface area contributed by atoms with Gasteiger partial charge in [-0.15, -0.1) is 0 Å². The van der Waals surface area contributed by atoms with E-state index < -0.39 is 0 Å². The second kappa shape index (κ2) is 12.1. The summed E-state index contributed by atoms with van der Waals surface area (Å²) < 4.78 is 7.62. The van der Waals surface area contributed by atoms with Crippen LogP contribution in [0.4, 0.5) is 0 Å². The van der Waals surface area contributed by atoms with E-state index in [4.69, 9.17) is 4.74 Å². The van der Waals surface area contributed by atoms with Crippen LogP contribution >= 0.6 is 0 Å². The van der Waals surface area contributed by atoms with E-state index in [1.807, 2.05) is 23.0 Å². The molecule has 2 aromatic rings. The Bertz CT molecular complexity index is 583. The van der Waals surface area contributed by atoms with Crippen LogP contribution in [0.5, 0.6) is 0 Å². The van der Waals surface area contributed by atoms with Crippen LogP contribution in [0, 0.1) is 0 Å². The van der Waals surface area contributed by atoms with Crippen LogP contribution in [0.3, 0.4) is 0 Å². The summed E-state index contributed by atoms with van der Waals surface area (Å²) in [5.74, 6) is 0.838. The third kappa shape index (κ3) is 8.35. The molecule has 2 rings (SSSR count). The molecule has 0 aliphatic carbocycles. The highest BCUT2D eigenvalue weighted by atomic mass is 16.5. The van der Waals surface area contributed by atoms with E-state index in [1.54, 1.807) is 13.2 Å². The lowest BCUT2D eigenvalue weighted by Gasteiger charge is -2.12. The minimum Gasteiger partial charge on any atom is -0.381 e. The fraction of sp³-hybridized carbons (Fsp3) is 0.474. The van der Waals surface area contributed by atoms with Crippen molar-refractivity contribution >= 4 is 5.96 Å². The normalized spacial score (nSPS) is 11.5. The molecule has 0 saturated heterocycles. The number of benzene rings is 1. The lowest BCUT2D eigenvalue weighted by molar-refractivity contribution is 0.135. The van der Waals surface area contributed by atoms with Gasteiger partial charge >= 0.3 is 0 Å². The van der Waals surface area contributed by atoms with Crippen molar-refractivity contribution in [3.8, 4) is 0 Å². The molecule has 0 aliphatic rings. The molecule has 1 heterocycles. The molecule has 0 aliphatic heterocycles. The number of aryl methyl sites for hydroxylation is 1. The van der Waals surface area contributed by atoms with Gasteiger partial charge in [0.1, 0.15) is 0 Å². The highest BCUT2D eigenvalue weighted by Crippen LogP contribution is 1.99. The minimum atomic E-state index is 0.760. The quantitative estimate of drug-likeness (QED) is 0.373. The molecule has 2 N–H and O–H groups in total. The van der Waals surface area contributed by atoms with Crippen molar-refractivity contribution < 1.29 is 4.74 Å². The van der Waals surface area contributed by atoms with E-state index in [0.29, 0.717) is 0 Å². The van der Waals surface area contributed by atoms with Crippen LogP contribution in [-0.2, 0) is 17.7 Å². The van der Waals surface area contributed by atoms with Crippen molar-refractivity contribution in [2.24, 2.45) is 4.99 Å². The predicted molar refractivity (Wildman–Crippen MR) is 102 cm³/mol. The van der Waals surface area contributed by atoms with Gasteiger partial charge in [0.25, 0.3) is 0 Å². The van der Waals surface area contributed by atoms with Crippen LogP contribution in [0.15, 0.2) is 53.8 Å². The zero-order valence-corrected chi connectivity index (χ0v) is 15.0. The highest BCUT2D eigenvalue weighted by molar-refractivity contribution is 5.79. The van der Waals surface area contributed by atoms with Crippen LogP contribution in [0.25, 0.3) is 0 Å². The molecule has 0 unspecified atom stereocenters. The van der Waals surface area contributed by atoms with E-state index in [-0.39, 0.29) is 0 Å². The van der Waals surface area contributed by atoms with Gasteiger partial charge < -0.3 is 15.4 Å². The number of hydrogen-bond acceptors (Lipinski definition) is 3. The molecule has 6 nitrogen and oxygen atoms in total. The average Bonchev–Trinajstić information content (AvgIpc) is 3.17. The van der Waals surface area contributed by atoms with Crippen LogP contribution in [0.1, 0.15) is 18.4 Å². The second-order valence-electron chi connectivity index (χ2n) is 5.75. The number of nitrogens with one attached hydrogen (secondary N) is 2. The third-order valence-corrected chi connectivity index (χ3v) is 3.78. The zero-order chi connectivity index (χ0) is 17.6. The van der Waals surface area contributed by atoms with Gasteiger partial charge in [-0.3, -0.25) is 9.67 Å². The number of ether oxygens (including phenoxy) is 1. The van der Waals surface area contributed by atoms with E-state index in [0.717, 1.165) is 58.1 Å². The maximum absolute atomic E-state index is 5.68. The number of aromatic nitrogens is 2. The molecule has 0 bridgehead atoms. The summed E-state index contributed by atoms with van der Waals surface area (Å²) in [6.07, 6.45) is 6.71. The summed E-state index contributed by atoms with van der Waals surface area (Å²) >= 11 is 0. The van der Waals surface area contributed by atoms with Gasteiger partial charge in [-0.05, 0) is 30.9 Å². The van der Waals surface area contributed by atoms with Crippen molar-refractivity contribution in [1.82, 2.24) is 20.4 Å². The molecule has 0 atom stereocenters. The first-order valence-corrected chi connectivity index (χ1v) is 8.92. The Labute approximate surface area is 150 Å². The van der Waals surface area contributed by atoms with Crippen LogP contribution in [-0.4, -0.2) is 49.1 Å². The summed E-state index contributed by atoms with van der Waals surface area (Å²) in [7, 11) is 1.79. The molecule has 0 spiro atoms. The summed E-state index contributed by atoms with van der Waals surface area (Å²) in [5.41, 5.74) is 1.32. The minimum absolute atomic E-state index is 0.760. The molecule has 136 valence electrons. The SMILES string of the molecule is CN=C(NCCCOCCc1ccccc1)NCCCn1cccn1. The molecule has 0 fully saturated rings. The number of nitrogens with zero attached hydrogens (tertiary/aromatic N) is 3. The number of aliphatic imine (C=N–C) groups is 1. The van der Waals surface area contributed by atoms with Crippen LogP contribution < -0.4 is 10.6 Å². The molecule has 0 radical (unpaired) electrons. The molecule has 0 saturated carbocycles. The first kappa shape index (κ1) is 19.0. The average molecular weight is 343 g/mol. The zero-order valence-electron chi connectivity index (χ0n) is 15.0. The molecule has 0 amide bonds. The van der Waals surface area contributed by atoms with Crippen molar-refractivity contribution in [3.05, 3.63) is 54.4 Å².